The second-order valence-corrected chi connectivity index (χ2v) is 9.83. The Morgan fingerprint density at radius 3 is 2.75 bits per heavy atom. The zero-order valence-electron chi connectivity index (χ0n) is 19.1. The highest BCUT2D eigenvalue weighted by Gasteiger charge is 2.30. The molecule has 1 saturated carbocycles. The second kappa shape index (κ2) is 9.41. The van der Waals surface area contributed by atoms with Gasteiger partial charge in [0.2, 0.25) is 0 Å². The fourth-order valence-electron chi connectivity index (χ4n) is 4.50. The third-order valence-electron chi connectivity index (χ3n) is 6.77. The van der Waals surface area contributed by atoms with E-state index in [4.69, 9.17) is 4.74 Å². The largest absolute Gasteiger partial charge is 0.496 e. The molecule has 1 fully saturated rings. The molecular formula is C26H30N2O3S. The Labute approximate surface area is 194 Å². The Hall–Kier alpha value is -2.73. The number of thioether (sulfide) groups is 1. The number of fused-ring (bicyclic) bond motifs is 1. The number of rotatable bonds is 4. The van der Waals surface area contributed by atoms with Crippen LogP contribution in [0.2, 0.25) is 0 Å². The van der Waals surface area contributed by atoms with Crippen molar-refractivity contribution in [3.05, 3.63) is 58.5 Å². The molecule has 0 bridgehead atoms. The molecule has 168 valence electrons. The van der Waals surface area contributed by atoms with Crippen molar-refractivity contribution in [2.45, 2.75) is 44.0 Å². The number of hydrogen-bond acceptors (Lipinski definition) is 4. The number of likely N-dealkylation sites (N-methyl/N-ethyl adjacent to an activating group) is 1. The molecule has 1 aliphatic carbocycles. The lowest BCUT2D eigenvalue weighted by Gasteiger charge is -2.34. The van der Waals surface area contributed by atoms with E-state index in [-0.39, 0.29) is 17.9 Å². The van der Waals surface area contributed by atoms with Crippen molar-refractivity contribution in [1.29, 1.82) is 0 Å². The molecule has 4 rings (SSSR count). The predicted molar refractivity (Wildman–Crippen MR) is 130 cm³/mol. The SMILES string of the molecule is COc1ccccc1/C=C1/Sc2ccc(C(=O)N[C@@H]3CCC[C@H](C)[C@H]3C)cc2N(C)C1=O. The van der Waals surface area contributed by atoms with E-state index in [2.05, 4.69) is 19.2 Å². The van der Waals surface area contributed by atoms with Crippen molar-refractivity contribution >= 4 is 35.3 Å². The van der Waals surface area contributed by atoms with Crippen molar-refractivity contribution < 1.29 is 14.3 Å². The van der Waals surface area contributed by atoms with Gasteiger partial charge in [0.25, 0.3) is 11.8 Å². The number of anilines is 1. The standard InChI is InChI=1S/C26H30N2O3S/c1-16-8-7-10-20(17(16)2)27-25(29)19-12-13-23-21(14-19)28(3)26(30)24(32-23)15-18-9-5-6-11-22(18)31-4/h5-6,9,11-17,20H,7-8,10H2,1-4H3,(H,27,29)/b24-15+/t16-,17+,20+/m0/s1. The van der Waals surface area contributed by atoms with Crippen LogP contribution in [0.3, 0.4) is 0 Å². The van der Waals surface area contributed by atoms with E-state index >= 15 is 0 Å². The van der Waals surface area contributed by atoms with Crippen LogP contribution < -0.4 is 15.0 Å². The van der Waals surface area contributed by atoms with Crippen LogP contribution in [0.15, 0.2) is 52.3 Å². The van der Waals surface area contributed by atoms with Gasteiger partial charge in [0.1, 0.15) is 5.75 Å². The third kappa shape index (κ3) is 4.42. The average Bonchev–Trinajstić information content (AvgIpc) is 2.80. The summed E-state index contributed by atoms with van der Waals surface area (Å²) in [5.74, 6) is 1.64. The van der Waals surface area contributed by atoms with Crippen LogP contribution in [-0.4, -0.2) is 32.0 Å². The average molecular weight is 451 g/mol. The highest BCUT2D eigenvalue weighted by molar-refractivity contribution is 8.04. The number of ether oxygens (including phenoxy) is 1. The highest BCUT2D eigenvalue weighted by atomic mass is 32.2. The van der Waals surface area contributed by atoms with Crippen molar-refractivity contribution in [3.63, 3.8) is 0 Å². The van der Waals surface area contributed by atoms with Gasteiger partial charge >= 0.3 is 0 Å². The molecule has 32 heavy (non-hydrogen) atoms. The topological polar surface area (TPSA) is 58.6 Å². The molecule has 2 aliphatic rings. The van der Waals surface area contributed by atoms with Gasteiger partial charge in [0.15, 0.2) is 0 Å². The van der Waals surface area contributed by atoms with Crippen LogP contribution in [0.5, 0.6) is 5.75 Å². The predicted octanol–water partition coefficient (Wildman–Crippen LogP) is 5.36. The van der Waals surface area contributed by atoms with E-state index in [1.54, 1.807) is 19.1 Å². The van der Waals surface area contributed by atoms with E-state index in [0.717, 1.165) is 34.7 Å². The fraction of sp³-hybridized carbons (Fsp3) is 0.385. The normalized spacial score (nSPS) is 24.2. The van der Waals surface area contributed by atoms with Gasteiger partial charge in [-0.3, -0.25) is 9.59 Å². The molecule has 0 spiro atoms. The number of carbonyl (C=O) groups excluding carboxylic acids is 2. The summed E-state index contributed by atoms with van der Waals surface area (Å²) in [4.78, 5) is 29.2. The molecule has 1 aliphatic heterocycles. The van der Waals surface area contributed by atoms with Gasteiger partial charge in [-0.1, -0.05) is 56.7 Å². The zero-order valence-corrected chi connectivity index (χ0v) is 19.9. The summed E-state index contributed by atoms with van der Waals surface area (Å²) in [6, 6.07) is 13.4. The van der Waals surface area contributed by atoms with Crippen LogP contribution in [0.25, 0.3) is 6.08 Å². The number of amides is 2. The van der Waals surface area contributed by atoms with Crippen molar-refractivity contribution in [2.24, 2.45) is 11.8 Å². The van der Waals surface area contributed by atoms with E-state index in [1.807, 2.05) is 48.5 Å². The third-order valence-corrected chi connectivity index (χ3v) is 7.84. The van der Waals surface area contributed by atoms with Gasteiger partial charge < -0.3 is 15.0 Å². The molecular weight excluding hydrogens is 420 g/mol. The minimum atomic E-state index is -0.0966. The maximum absolute atomic E-state index is 13.1. The molecule has 0 aromatic heterocycles. The first-order valence-corrected chi connectivity index (χ1v) is 12.0. The number of benzene rings is 2. The van der Waals surface area contributed by atoms with Gasteiger partial charge in [-0.05, 0) is 48.6 Å². The Morgan fingerprint density at radius 2 is 1.97 bits per heavy atom. The lowest BCUT2D eigenvalue weighted by atomic mass is 9.78. The first-order valence-electron chi connectivity index (χ1n) is 11.1. The van der Waals surface area contributed by atoms with Crippen molar-refractivity contribution in [3.8, 4) is 5.75 Å². The van der Waals surface area contributed by atoms with Crippen LogP contribution in [0, 0.1) is 11.8 Å². The molecule has 0 unspecified atom stereocenters. The molecule has 2 aromatic carbocycles. The highest BCUT2D eigenvalue weighted by Crippen LogP contribution is 2.42. The maximum Gasteiger partial charge on any atom is 0.264 e. The van der Waals surface area contributed by atoms with Gasteiger partial charge in [-0.25, -0.2) is 0 Å². The quantitative estimate of drug-likeness (QED) is 0.637. The second-order valence-electron chi connectivity index (χ2n) is 8.75. The summed E-state index contributed by atoms with van der Waals surface area (Å²) in [6.45, 7) is 4.48. The fourth-order valence-corrected chi connectivity index (χ4v) is 5.58. The summed E-state index contributed by atoms with van der Waals surface area (Å²) < 4.78 is 5.41. The molecule has 0 saturated heterocycles. The molecule has 6 heteroatoms. The minimum Gasteiger partial charge on any atom is -0.496 e. The van der Waals surface area contributed by atoms with E-state index in [1.165, 1.54) is 18.2 Å². The monoisotopic (exact) mass is 450 g/mol. The van der Waals surface area contributed by atoms with Crippen LogP contribution in [0.4, 0.5) is 5.69 Å². The Bertz CT molecular complexity index is 1060. The molecule has 0 radical (unpaired) electrons. The van der Waals surface area contributed by atoms with Crippen LogP contribution in [-0.2, 0) is 4.79 Å². The summed E-state index contributed by atoms with van der Waals surface area (Å²) in [6.07, 6.45) is 5.25. The maximum atomic E-state index is 13.1. The number of nitrogens with one attached hydrogen (secondary N) is 1. The van der Waals surface area contributed by atoms with Gasteiger partial charge in [-0.2, -0.15) is 0 Å². The number of carbonyl (C=O) groups is 2. The lowest BCUT2D eigenvalue weighted by molar-refractivity contribution is -0.114. The first-order chi connectivity index (χ1) is 15.4. The van der Waals surface area contributed by atoms with E-state index < -0.39 is 0 Å². The lowest BCUT2D eigenvalue weighted by Crippen LogP contribution is -2.43. The van der Waals surface area contributed by atoms with Crippen molar-refractivity contribution in [2.75, 3.05) is 19.1 Å². The summed E-state index contributed by atoms with van der Waals surface area (Å²) in [5.41, 5.74) is 2.20. The van der Waals surface area contributed by atoms with Gasteiger partial charge in [0, 0.05) is 29.1 Å². The first kappa shape index (κ1) is 22.5. The molecule has 3 atom stereocenters. The Balaban J connectivity index is 1.56. The zero-order chi connectivity index (χ0) is 22.8. The molecule has 1 N–H and O–H groups in total. The summed E-state index contributed by atoms with van der Waals surface area (Å²) >= 11 is 1.42. The van der Waals surface area contributed by atoms with Crippen LogP contribution >= 0.6 is 11.8 Å². The molecule has 2 aromatic rings. The van der Waals surface area contributed by atoms with Crippen molar-refractivity contribution in [1.82, 2.24) is 5.32 Å². The van der Waals surface area contributed by atoms with Crippen LogP contribution in [0.1, 0.15) is 49.0 Å². The van der Waals surface area contributed by atoms with Gasteiger partial charge in [-0.15, -0.1) is 0 Å². The van der Waals surface area contributed by atoms with E-state index in [0.29, 0.717) is 22.3 Å². The molecule has 5 nitrogen and oxygen atoms in total. The molecule has 2 amide bonds. The summed E-state index contributed by atoms with van der Waals surface area (Å²) in [5, 5.41) is 3.23. The van der Waals surface area contributed by atoms with Gasteiger partial charge in [0.05, 0.1) is 17.7 Å². The summed E-state index contributed by atoms with van der Waals surface area (Å²) in [7, 11) is 3.37. The Morgan fingerprint density at radius 1 is 1.19 bits per heavy atom. The minimum absolute atomic E-state index is 0.0695. The molecule has 1 heterocycles. The number of hydrogen-bond donors (Lipinski definition) is 1. The number of nitrogens with zero attached hydrogens (tertiary/aromatic N) is 1. The number of methoxy groups -OCH3 is 1. The van der Waals surface area contributed by atoms with E-state index in [9.17, 15) is 9.59 Å². The Kier molecular flexibility index (Phi) is 6.60. The number of para-hydroxylation sites is 1. The smallest absolute Gasteiger partial charge is 0.264 e.